The molecule has 0 amide bonds. The lowest BCUT2D eigenvalue weighted by Crippen LogP contribution is -2.39. The molecule has 0 fully saturated rings. The summed E-state index contributed by atoms with van der Waals surface area (Å²) >= 11 is 0. The number of Topliss-reactive ketones (excluding diaryl/α,β-unsaturated/α-hetero) is 1. The first kappa shape index (κ1) is 20.1. The second-order valence-electron chi connectivity index (χ2n) is 7.61. The van der Waals surface area contributed by atoms with E-state index in [1.165, 1.54) is 23.4 Å². The first-order valence-corrected chi connectivity index (χ1v) is 10.9. The fourth-order valence-corrected chi connectivity index (χ4v) is 5.22. The summed E-state index contributed by atoms with van der Waals surface area (Å²) in [5.74, 6) is 0.260. The second kappa shape index (κ2) is 7.80. The van der Waals surface area contributed by atoms with Gasteiger partial charge in [0.25, 0.3) is 10.0 Å². The van der Waals surface area contributed by atoms with Crippen LogP contribution < -0.4 is 4.31 Å². The Balaban J connectivity index is 2.09. The van der Waals surface area contributed by atoms with Crippen molar-refractivity contribution in [2.45, 2.75) is 45.1 Å². The number of rotatable bonds is 7. The SMILES string of the molecule is CC(=O)c1ccc(S(=O)(=O)N(c2ccc3[nH]ccc3c2)C(C)CC(C)C)cc1. The molecule has 28 heavy (non-hydrogen) atoms. The fraction of sp³-hybridized carbons (Fsp3) is 0.318. The minimum absolute atomic E-state index is 0.0908. The van der Waals surface area contributed by atoms with Gasteiger partial charge in [-0.2, -0.15) is 0 Å². The minimum Gasteiger partial charge on any atom is -0.361 e. The average Bonchev–Trinajstić information content (AvgIpc) is 3.09. The number of carbonyl (C=O) groups is 1. The third kappa shape index (κ3) is 3.97. The summed E-state index contributed by atoms with van der Waals surface area (Å²) in [6.07, 6.45) is 2.57. The number of ketones is 1. The van der Waals surface area contributed by atoms with E-state index in [0.717, 1.165) is 17.3 Å². The summed E-state index contributed by atoms with van der Waals surface area (Å²) in [5, 5.41) is 0.960. The molecule has 0 aliphatic carbocycles. The Bertz CT molecular complexity index is 1080. The van der Waals surface area contributed by atoms with Crippen LogP contribution in [0.1, 0.15) is 44.5 Å². The van der Waals surface area contributed by atoms with E-state index in [0.29, 0.717) is 17.2 Å². The quantitative estimate of drug-likeness (QED) is 0.569. The highest BCUT2D eigenvalue weighted by Gasteiger charge is 2.30. The van der Waals surface area contributed by atoms with E-state index in [2.05, 4.69) is 18.8 Å². The number of carbonyl (C=O) groups excluding carboxylic acids is 1. The summed E-state index contributed by atoms with van der Waals surface area (Å²) < 4.78 is 28.6. The van der Waals surface area contributed by atoms with Crippen LogP contribution in [0.2, 0.25) is 0 Å². The number of H-pyrrole nitrogens is 1. The molecule has 2 aromatic carbocycles. The maximum absolute atomic E-state index is 13.5. The van der Waals surface area contributed by atoms with E-state index in [4.69, 9.17) is 0 Å². The molecule has 0 radical (unpaired) electrons. The van der Waals surface area contributed by atoms with Crippen LogP contribution in [0.3, 0.4) is 0 Å². The fourth-order valence-electron chi connectivity index (χ4n) is 3.56. The highest BCUT2D eigenvalue weighted by Crippen LogP contribution is 2.31. The lowest BCUT2D eigenvalue weighted by Gasteiger charge is -2.31. The van der Waals surface area contributed by atoms with Crippen molar-refractivity contribution in [1.82, 2.24) is 4.98 Å². The van der Waals surface area contributed by atoms with Gasteiger partial charge in [-0.15, -0.1) is 0 Å². The maximum Gasteiger partial charge on any atom is 0.264 e. The second-order valence-corrected chi connectivity index (χ2v) is 9.42. The Morgan fingerprint density at radius 2 is 1.71 bits per heavy atom. The number of nitrogens with one attached hydrogen (secondary N) is 1. The predicted molar refractivity (Wildman–Crippen MR) is 113 cm³/mol. The number of hydrogen-bond acceptors (Lipinski definition) is 3. The lowest BCUT2D eigenvalue weighted by atomic mass is 10.0. The van der Waals surface area contributed by atoms with Crippen LogP contribution in [-0.2, 0) is 10.0 Å². The van der Waals surface area contributed by atoms with Crippen molar-refractivity contribution in [3.63, 3.8) is 0 Å². The molecule has 1 N–H and O–H groups in total. The molecule has 1 aromatic heterocycles. The summed E-state index contributed by atoms with van der Waals surface area (Å²) in [6, 6.07) is 13.5. The third-order valence-corrected chi connectivity index (χ3v) is 6.78. The van der Waals surface area contributed by atoms with Gasteiger partial charge >= 0.3 is 0 Å². The number of fused-ring (bicyclic) bond motifs is 1. The highest BCUT2D eigenvalue weighted by atomic mass is 32.2. The van der Waals surface area contributed by atoms with Crippen molar-refractivity contribution in [2.75, 3.05) is 4.31 Å². The summed E-state index contributed by atoms with van der Waals surface area (Å²) in [6.45, 7) is 7.56. The Morgan fingerprint density at radius 1 is 1.04 bits per heavy atom. The Labute approximate surface area is 166 Å². The third-order valence-electron chi connectivity index (χ3n) is 4.82. The van der Waals surface area contributed by atoms with Crippen molar-refractivity contribution < 1.29 is 13.2 Å². The number of benzene rings is 2. The molecule has 0 aliphatic rings. The summed E-state index contributed by atoms with van der Waals surface area (Å²) in [5.41, 5.74) is 2.09. The molecule has 0 saturated heterocycles. The van der Waals surface area contributed by atoms with Crippen LogP contribution in [0, 0.1) is 5.92 Å². The summed E-state index contributed by atoms with van der Waals surface area (Å²) in [7, 11) is -3.78. The van der Waals surface area contributed by atoms with Crippen molar-refractivity contribution >= 4 is 32.4 Å². The van der Waals surface area contributed by atoms with Crippen LogP contribution >= 0.6 is 0 Å². The number of hydrogen-bond donors (Lipinski definition) is 1. The zero-order valence-electron chi connectivity index (χ0n) is 16.6. The van der Waals surface area contributed by atoms with Crippen molar-refractivity contribution in [3.8, 4) is 0 Å². The molecule has 0 spiro atoms. The van der Waals surface area contributed by atoms with Gasteiger partial charge in [0.15, 0.2) is 5.78 Å². The van der Waals surface area contributed by atoms with Gasteiger partial charge in [0, 0.05) is 28.7 Å². The Hall–Kier alpha value is -2.60. The van der Waals surface area contributed by atoms with Crippen molar-refractivity contribution in [1.29, 1.82) is 0 Å². The van der Waals surface area contributed by atoms with Gasteiger partial charge in [-0.05, 0) is 62.6 Å². The van der Waals surface area contributed by atoms with E-state index < -0.39 is 10.0 Å². The lowest BCUT2D eigenvalue weighted by molar-refractivity contribution is 0.101. The molecule has 1 atom stereocenters. The molecule has 0 aliphatic heterocycles. The molecule has 0 saturated carbocycles. The normalized spacial score (nSPS) is 13.0. The van der Waals surface area contributed by atoms with Crippen LogP contribution in [0.25, 0.3) is 10.9 Å². The van der Waals surface area contributed by atoms with E-state index in [-0.39, 0.29) is 16.7 Å². The van der Waals surface area contributed by atoms with Crippen LogP contribution in [0.4, 0.5) is 5.69 Å². The number of aromatic amines is 1. The van der Waals surface area contributed by atoms with E-state index in [1.807, 2.05) is 37.4 Å². The van der Waals surface area contributed by atoms with E-state index >= 15 is 0 Å². The molecule has 0 bridgehead atoms. The number of sulfonamides is 1. The molecule has 3 aromatic rings. The predicted octanol–water partition coefficient (Wildman–Crippen LogP) is 5.00. The van der Waals surface area contributed by atoms with Crippen molar-refractivity contribution in [2.24, 2.45) is 5.92 Å². The standard InChI is InChI=1S/C22H26N2O3S/c1-15(2)13-16(3)24(20-7-10-22-19(14-20)11-12-23-22)28(26,27)21-8-5-18(6-9-21)17(4)25/h5-12,14-16,23H,13H2,1-4H3. The van der Waals surface area contributed by atoms with Crippen LogP contribution in [-0.4, -0.2) is 25.2 Å². The molecule has 5 nitrogen and oxygen atoms in total. The average molecular weight is 399 g/mol. The highest BCUT2D eigenvalue weighted by molar-refractivity contribution is 7.92. The van der Waals surface area contributed by atoms with Gasteiger partial charge in [0.05, 0.1) is 10.6 Å². The minimum atomic E-state index is -3.78. The van der Waals surface area contributed by atoms with E-state index in [9.17, 15) is 13.2 Å². The van der Waals surface area contributed by atoms with Crippen molar-refractivity contribution in [3.05, 3.63) is 60.3 Å². The molecule has 6 heteroatoms. The maximum atomic E-state index is 13.5. The van der Waals surface area contributed by atoms with E-state index in [1.54, 1.807) is 12.1 Å². The Kier molecular flexibility index (Phi) is 5.61. The van der Waals surface area contributed by atoms with Gasteiger partial charge in [-0.1, -0.05) is 26.0 Å². The topological polar surface area (TPSA) is 70.2 Å². The molecule has 3 rings (SSSR count). The first-order valence-electron chi connectivity index (χ1n) is 9.42. The van der Waals surface area contributed by atoms with Gasteiger partial charge in [0.2, 0.25) is 0 Å². The zero-order chi connectivity index (χ0) is 20.5. The number of nitrogens with zero attached hydrogens (tertiary/aromatic N) is 1. The molecular weight excluding hydrogens is 372 g/mol. The van der Waals surface area contributed by atoms with Gasteiger partial charge < -0.3 is 4.98 Å². The van der Waals surface area contributed by atoms with Gasteiger partial charge in [-0.25, -0.2) is 8.42 Å². The molecular formula is C22H26N2O3S. The molecule has 1 heterocycles. The Morgan fingerprint density at radius 3 is 2.32 bits per heavy atom. The largest absolute Gasteiger partial charge is 0.361 e. The van der Waals surface area contributed by atoms with Gasteiger partial charge in [0.1, 0.15) is 0 Å². The zero-order valence-corrected chi connectivity index (χ0v) is 17.5. The first-order chi connectivity index (χ1) is 13.2. The summed E-state index contributed by atoms with van der Waals surface area (Å²) in [4.78, 5) is 14.8. The smallest absolute Gasteiger partial charge is 0.264 e. The number of aromatic nitrogens is 1. The molecule has 1 unspecified atom stereocenters. The van der Waals surface area contributed by atoms with Crippen LogP contribution in [0.5, 0.6) is 0 Å². The monoisotopic (exact) mass is 398 g/mol. The van der Waals surface area contributed by atoms with Gasteiger partial charge in [-0.3, -0.25) is 9.10 Å². The number of anilines is 1. The van der Waals surface area contributed by atoms with Crippen LogP contribution in [0.15, 0.2) is 59.6 Å². The molecule has 148 valence electrons.